The Morgan fingerprint density at radius 2 is 1.90 bits per heavy atom. The quantitative estimate of drug-likeness (QED) is 0.281. The Morgan fingerprint density at radius 3 is 2.59 bits per heavy atom. The van der Waals surface area contributed by atoms with Gasteiger partial charge in [-0.2, -0.15) is 0 Å². The second-order valence-corrected chi connectivity index (χ2v) is 6.26. The SMILES string of the molecule is C=CCCC(=O)NC(CCCCNC(=O)O)C(=O)Nc1ccccc1OCC=C. The number of amides is 3. The van der Waals surface area contributed by atoms with E-state index < -0.39 is 12.1 Å². The highest BCUT2D eigenvalue weighted by Crippen LogP contribution is 2.24. The highest BCUT2D eigenvalue weighted by molar-refractivity contribution is 5.98. The number of benzene rings is 1. The molecule has 1 aromatic carbocycles. The van der Waals surface area contributed by atoms with E-state index in [-0.39, 0.29) is 24.8 Å². The van der Waals surface area contributed by atoms with E-state index >= 15 is 0 Å². The fourth-order valence-electron chi connectivity index (χ4n) is 2.50. The zero-order valence-corrected chi connectivity index (χ0v) is 16.5. The van der Waals surface area contributed by atoms with Gasteiger partial charge in [0.1, 0.15) is 18.4 Å². The lowest BCUT2D eigenvalue weighted by Crippen LogP contribution is -2.43. The van der Waals surface area contributed by atoms with Crippen LogP contribution in [0.15, 0.2) is 49.6 Å². The molecular formula is C21H29N3O5. The number of hydrogen-bond donors (Lipinski definition) is 4. The van der Waals surface area contributed by atoms with Gasteiger partial charge in [-0.1, -0.05) is 30.9 Å². The van der Waals surface area contributed by atoms with Crippen LogP contribution >= 0.6 is 0 Å². The molecular weight excluding hydrogens is 374 g/mol. The summed E-state index contributed by atoms with van der Waals surface area (Å²) in [6, 6.07) is 6.26. The van der Waals surface area contributed by atoms with Crippen molar-refractivity contribution in [3.05, 3.63) is 49.6 Å². The maximum Gasteiger partial charge on any atom is 0.404 e. The van der Waals surface area contributed by atoms with E-state index in [1.165, 1.54) is 0 Å². The summed E-state index contributed by atoms with van der Waals surface area (Å²) in [7, 11) is 0. The van der Waals surface area contributed by atoms with Crippen molar-refractivity contribution in [2.75, 3.05) is 18.5 Å². The Labute approximate surface area is 171 Å². The summed E-state index contributed by atoms with van der Waals surface area (Å²) in [5.41, 5.74) is 0.497. The molecule has 1 unspecified atom stereocenters. The van der Waals surface area contributed by atoms with Crippen LogP contribution in [-0.4, -0.2) is 42.2 Å². The lowest BCUT2D eigenvalue weighted by molar-refractivity contribution is -0.126. The minimum Gasteiger partial charge on any atom is -0.487 e. The topological polar surface area (TPSA) is 117 Å². The van der Waals surface area contributed by atoms with Crippen molar-refractivity contribution in [3.63, 3.8) is 0 Å². The van der Waals surface area contributed by atoms with Crippen LogP contribution < -0.4 is 20.7 Å². The Balaban J connectivity index is 2.75. The van der Waals surface area contributed by atoms with Gasteiger partial charge in [0.2, 0.25) is 11.8 Å². The van der Waals surface area contributed by atoms with Gasteiger partial charge in [-0.3, -0.25) is 9.59 Å². The number of ether oxygens (including phenoxy) is 1. The number of hydrogen-bond acceptors (Lipinski definition) is 4. The van der Waals surface area contributed by atoms with E-state index in [1.807, 2.05) is 0 Å². The second-order valence-electron chi connectivity index (χ2n) is 6.26. The number of nitrogens with one attached hydrogen (secondary N) is 3. The van der Waals surface area contributed by atoms with Crippen molar-refractivity contribution in [1.29, 1.82) is 0 Å². The van der Waals surface area contributed by atoms with Crippen LogP contribution in [0, 0.1) is 0 Å². The summed E-state index contributed by atoms with van der Waals surface area (Å²) in [6.07, 6.45) is 4.40. The van der Waals surface area contributed by atoms with E-state index in [0.29, 0.717) is 43.7 Å². The van der Waals surface area contributed by atoms with Crippen LogP contribution in [0.4, 0.5) is 10.5 Å². The molecule has 0 fully saturated rings. The van der Waals surface area contributed by atoms with Gasteiger partial charge in [0.25, 0.3) is 0 Å². The molecule has 4 N–H and O–H groups in total. The van der Waals surface area contributed by atoms with Crippen molar-refractivity contribution >= 4 is 23.6 Å². The van der Waals surface area contributed by atoms with Crippen LogP contribution in [0.25, 0.3) is 0 Å². The van der Waals surface area contributed by atoms with Crippen LogP contribution in [0.3, 0.4) is 0 Å². The second kappa shape index (κ2) is 13.8. The van der Waals surface area contributed by atoms with Gasteiger partial charge in [-0.05, 0) is 37.8 Å². The molecule has 1 atom stereocenters. The Hall–Kier alpha value is -3.29. The maximum absolute atomic E-state index is 12.8. The zero-order chi connectivity index (χ0) is 21.5. The molecule has 3 amide bonds. The highest BCUT2D eigenvalue weighted by atomic mass is 16.5. The fraction of sp³-hybridized carbons (Fsp3) is 0.381. The Kier molecular flexibility index (Phi) is 11.3. The van der Waals surface area contributed by atoms with Crippen LogP contribution in [-0.2, 0) is 9.59 Å². The maximum atomic E-state index is 12.8. The summed E-state index contributed by atoms with van der Waals surface area (Å²) < 4.78 is 5.54. The van der Waals surface area contributed by atoms with Crippen LogP contribution in [0.5, 0.6) is 5.75 Å². The van der Waals surface area contributed by atoms with Gasteiger partial charge in [0.15, 0.2) is 0 Å². The molecule has 0 spiro atoms. The molecule has 0 aliphatic rings. The molecule has 0 aliphatic heterocycles. The average Bonchev–Trinajstić information content (AvgIpc) is 2.70. The number of carboxylic acid groups (broad SMARTS) is 1. The normalized spacial score (nSPS) is 11.0. The van der Waals surface area contributed by atoms with Gasteiger partial charge in [0.05, 0.1) is 5.69 Å². The predicted molar refractivity (Wildman–Crippen MR) is 112 cm³/mol. The van der Waals surface area contributed by atoms with Gasteiger partial charge in [0, 0.05) is 13.0 Å². The third-order valence-electron chi connectivity index (χ3n) is 3.92. The highest BCUT2D eigenvalue weighted by Gasteiger charge is 2.21. The fourth-order valence-corrected chi connectivity index (χ4v) is 2.50. The van der Waals surface area contributed by atoms with E-state index in [2.05, 4.69) is 29.1 Å². The standard InChI is InChI=1S/C21H29N3O5/c1-3-5-13-19(25)23-17(11-8-9-14-22-21(27)28)20(26)24-16-10-6-7-12-18(16)29-15-4-2/h3-4,6-7,10,12,17,22H,1-2,5,8-9,11,13-15H2,(H,23,25)(H,24,26)(H,27,28). The molecule has 1 aromatic rings. The number of anilines is 1. The summed E-state index contributed by atoms with van der Waals surface area (Å²) >= 11 is 0. The summed E-state index contributed by atoms with van der Waals surface area (Å²) in [5.74, 6) is -0.106. The molecule has 0 bridgehead atoms. The summed E-state index contributed by atoms with van der Waals surface area (Å²) in [6.45, 7) is 7.77. The summed E-state index contributed by atoms with van der Waals surface area (Å²) in [5, 5.41) is 16.4. The molecule has 8 nitrogen and oxygen atoms in total. The lowest BCUT2D eigenvalue weighted by atomic mass is 10.1. The third-order valence-corrected chi connectivity index (χ3v) is 3.92. The van der Waals surface area contributed by atoms with E-state index in [1.54, 1.807) is 36.4 Å². The van der Waals surface area contributed by atoms with Gasteiger partial charge >= 0.3 is 6.09 Å². The molecule has 0 saturated heterocycles. The minimum absolute atomic E-state index is 0.243. The van der Waals surface area contributed by atoms with Gasteiger partial charge in [-0.15, -0.1) is 6.58 Å². The number of carbonyl (C=O) groups is 3. The van der Waals surface area contributed by atoms with Crippen molar-refractivity contribution in [2.45, 2.75) is 38.1 Å². The Bertz CT molecular complexity index is 705. The van der Waals surface area contributed by atoms with Crippen LogP contribution in [0.2, 0.25) is 0 Å². The average molecular weight is 403 g/mol. The molecule has 0 aliphatic carbocycles. The largest absolute Gasteiger partial charge is 0.487 e. The van der Waals surface area contributed by atoms with Crippen LogP contribution in [0.1, 0.15) is 32.1 Å². The van der Waals surface area contributed by atoms with Crippen molar-refractivity contribution < 1.29 is 24.2 Å². The van der Waals surface area contributed by atoms with Crippen molar-refractivity contribution in [3.8, 4) is 5.75 Å². The van der Waals surface area contributed by atoms with Gasteiger partial charge < -0.3 is 25.8 Å². The van der Waals surface area contributed by atoms with Crippen molar-refractivity contribution in [2.24, 2.45) is 0 Å². The van der Waals surface area contributed by atoms with E-state index in [4.69, 9.17) is 9.84 Å². The third kappa shape index (κ3) is 9.99. The molecule has 158 valence electrons. The first-order chi connectivity index (χ1) is 14.0. The number of allylic oxidation sites excluding steroid dienone is 1. The molecule has 0 heterocycles. The predicted octanol–water partition coefficient (Wildman–Crippen LogP) is 3.08. The minimum atomic E-state index is -1.09. The van der Waals surface area contributed by atoms with Crippen molar-refractivity contribution in [1.82, 2.24) is 10.6 Å². The molecule has 0 saturated carbocycles. The molecule has 1 rings (SSSR count). The molecule has 8 heteroatoms. The van der Waals surface area contributed by atoms with E-state index in [0.717, 1.165) is 0 Å². The summed E-state index contributed by atoms with van der Waals surface area (Å²) in [4.78, 5) is 35.4. The number of carbonyl (C=O) groups excluding carboxylic acids is 2. The molecule has 29 heavy (non-hydrogen) atoms. The number of rotatable bonds is 14. The Morgan fingerprint density at radius 1 is 1.14 bits per heavy atom. The monoisotopic (exact) mass is 403 g/mol. The smallest absolute Gasteiger partial charge is 0.404 e. The zero-order valence-electron chi connectivity index (χ0n) is 16.5. The van der Waals surface area contributed by atoms with Gasteiger partial charge in [-0.25, -0.2) is 4.79 Å². The number of unbranched alkanes of at least 4 members (excludes halogenated alkanes) is 1. The van der Waals surface area contributed by atoms with E-state index in [9.17, 15) is 14.4 Å². The lowest BCUT2D eigenvalue weighted by Gasteiger charge is -2.19. The molecule has 0 radical (unpaired) electrons. The first kappa shape index (κ1) is 23.7. The number of para-hydroxylation sites is 2. The first-order valence-electron chi connectivity index (χ1n) is 9.48. The first-order valence-corrected chi connectivity index (χ1v) is 9.48. The molecule has 0 aromatic heterocycles.